The summed E-state index contributed by atoms with van der Waals surface area (Å²) in [6.07, 6.45) is -0.193. The monoisotopic (exact) mass is 987 g/mol. The van der Waals surface area contributed by atoms with E-state index in [0.29, 0.717) is 5.69 Å². The van der Waals surface area contributed by atoms with E-state index in [2.05, 4.69) is 67.1 Å². The van der Waals surface area contributed by atoms with Gasteiger partial charge in [0.15, 0.2) is 11.6 Å². The summed E-state index contributed by atoms with van der Waals surface area (Å²) in [5.41, 5.74) is 7.99. The molecule has 0 atom stereocenters. The van der Waals surface area contributed by atoms with Gasteiger partial charge in [0.1, 0.15) is 0 Å². The fourth-order valence-corrected chi connectivity index (χ4v) is 14.1. The molecule has 8 aromatic rings. The number of hydrogen-bond donors (Lipinski definition) is 1. The number of rotatable bonds is 9. The van der Waals surface area contributed by atoms with E-state index >= 15 is 0 Å². The van der Waals surface area contributed by atoms with Gasteiger partial charge in [-0.3, -0.25) is 33.3 Å². The second kappa shape index (κ2) is 19.8. The van der Waals surface area contributed by atoms with E-state index in [1.54, 1.807) is 75.0 Å². The van der Waals surface area contributed by atoms with Crippen LogP contribution in [0.4, 0.5) is 5.69 Å². The van der Waals surface area contributed by atoms with E-state index in [1.807, 2.05) is 36.4 Å². The molecule has 6 aromatic carbocycles. The number of ketones is 2. The average Bonchev–Trinajstić information content (AvgIpc) is 3.93. The van der Waals surface area contributed by atoms with Crippen molar-refractivity contribution >= 4 is 114 Å². The molecule has 0 saturated carbocycles. The summed E-state index contributed by atoms with van der Waals surface area (Å²) < 4.78 is 6.45. The maximum Gasteiger partial charge on any atom is 0.346 e. The van der Waals surface area contributed by atoms with E-state index in [-0.39, 0.29) is 61.8 Å². The molecule has 18 heteroatoms. The molecule has 0 fully saturated rings. The van der Waals surface area contributed by atoms with Crippen molar-refractivity contribution in [2.24, 2.45) is 7.05 Å². The zero-order valence-electron chi connectivity index (χ0n) is 34.8. The van der Waals surface area contributed by atoms with Gasteiger partial charge in [0.05, 0.1) is 44.8 Å². The summed E-state index contributed by atoms with van der Waals surface area (Å²) in [7, 11) is 11.5. The first-order valence-electron chi connectivity index (χ1n) is 19.7. The summed E-state index contributed by atoms with van der Waals surface area (Å²) in [5, 5.41) is 0.579. The molecule has 12 nitrogen and oxygen atoms in total. The molecule has 0 amide bonds. The lowest BCUT2D eigenvalue weighted by molar-refractivity contribution is 0.0443. The van der Waals surface area contributed by atoms with Gasteiger partial charge in [0.25, 0.3) is 22.2 Å². The van der Waals surface area contributed by atoms with Crippen molar-refractivity contribution in [3.05, 3.63) is 196 Å². The lowest BCUT2D eigenvalue weighted by atomic mass is 10.0. The third-order valence-electron chi connectivity index (χ3n) is 10.3. The molecule has 3 heterocycles. The number of nitrogen functional groups attached to an aromatic ring is 1. The number of hydrogen-bond acceptors (Lipinski definition) is 16. The minimum atomic E-state index is -0.769. The van der Waals surface area contributed by atoms with E-state index in [0.717, 1.165) is 24.6 Å². The number of cyclic esters (lactones) is 2. The van der Waals surface area contributed by atoms with Crippen LogP contribution >= 0.6 is 62.8 Å². The van der Waals surface area contributed by atoms with Gasteiger partial charge in [-0.15, -0.1) is 0 Å². The number of carbonyl (C=O) groups excluding carboxylic acids is 4. The van der Waals surface area contributed by atoms with E-state index in [1.165, 1.54) is 52.2 Å². The van der Waals surface area contributed by atoms with Crippen LogP contribution in [-0.2, 0) is 11.8 Å². The number of anilines is 1. The van der Waals surface area contributed by atoms with Crippen LogP contribution in [0, 0.1) is 13.8 Å². The Labute approximate surface area is 398 Å². The zero-order chi connectivity index (χ0) is 46.8. The number of ether oxygens (including phenoxy) is 1. The van der Waals surface area contributed by atoms with Crippen LogP contribution in [0.15, 0.2) is 160 Å². The minimum Gasteiger partial charge on any atom is -0.399 e. The molecule has 2 aromatic heterocycles. The topological polar surface area (TPSA) is 182 Å². The lowest BCUT2D eigenvalue weighted by Crippen LogP contribution is -2.23. The zero-order valence-corrected chi connectivity index (χ0v) is 39.7. The summed E-state index contributed by atoms with van der Waals surface area (Å²) in [6.45, 7) is 4.15. The Morgan fingerprint density at radius 2 is 0.803 bits per heavy atom. The normalized spacial score (nSPS) is 12.7. The quantitative estimate of drug-likeness (QED) is 0.0624. The number of Topliss-reactive ketones (excluding diaryl/α,β-unsaturated/α-hetero) is 2. The Morgan fingerprint density at radius 3 is 1.20 bits per heavy atom. The second-order valence-electron chi connectivity index (χ2n) is 14.9. The van der Waals surface area contributed by atoms with Crippen molar-refractivity contribution in [1.29, 1.82) is 0 Å². The highest BCUT2D eigenvalue weighted by Crippen LogP contribution is 2.45. The van der Waals surface area contributed by atoms with E-state index < -0.39 is 34.2 Å². The first-order valence-corrected chi connectivity index (χ1v) is 26.6. The van der Waals surface area contributed by atoms with Gasteiger partial charge in [-0.25, -0.2) is 14.2 Å². The Kier molecular flexibility index (Phi) is 14.0. The standard InChI is InChI=1S/C24H16N2O4S3.C13H13NS3.C11H4O5/c1-13-3-7-15(8-4-13)31-33-32-16-9-5-14(6-10-16)26-23(29)19-11-17-18(12-20(19)24(26)30)22(28)25(2)21(17)27;1-10-2-6-12(7-3-10)15-17-16-13-8-4-11(14)5-9-13;12-8-3-9(13)5-2-7-6(1-4(5)8)10(14)16-11(7)15/h3-12H,1-2H3;2-9H,14H2,1H3;1-2H,3H2. The summed E-state index contributed by atoms with van der Waals surface area (Å²) >= 11 is 0. The smallest absolute Gasteiger partial charge is 0.346 e. The number of nitrogens with zero attached hydrogens (tertiary/aromatic N) is 2. The molecule has 0 unspecified atom stereocenters. The van der Waals surface area contributed by atoms with Gasteiger partial charge in [0.2, 0.25) is 0 Å². The van der Waals surface area contributed by atoms with Crippen molar-refractivity contribution in [1.82, 2.24) is 9.13 Å². The van der Waals surface area contributed by atoms with Gasteiger partial charge in [-0.05, 0) is 174 Å². The third kappa shape index (κ3) is 9.89. The Hall–Kier alpha value is -6.02. The third-order valence-corrected chi connectivity index (χ3v) is 18.0. The first kappa shape index (κ1) is 46.5. The summed E-state index contributed by atoms with van der Waals surface area (Å²) in [6, 6.07) is 37.2. The molecule has 330 valence electrons. The van der Waals surface area contributed by atoms with Crippen molar-refractivity contribution in [2.75, 3.05) is 5.73 Å². The first-order chi connectivity index (χ1) is 31.7. The molecule has 0 bridgehead atoms. The van der Waals surface area contributed by atoms with Crippen LogP contribution in [0.25, 0.3) is 27.2 Å². The minimum absolute atomic E-state index is 0.0619. The molecule has 2 aliphatic rings. The van der Waals surface area contributed by atoms with E-state index in [4.69, 9.17) is 5.73 Å². The molecule has 0 spiro atoms. The Balaban J connectivity index is 0.000000150. The fraction of sp³-hybridized carbons (Fsp3) is 0.0833. The van der Waals surface area contributed by atoms with Gasteiger partial charge in [-0.1, -0.05) is 35.4 Å². The number of aromatic nitrogens is 2. The molecule has 1 aliphatic heterocycles. The van der Waals surface area contributed by atoms with Gasteiger partial charge in [0, 0.05) is 43.4 Å². The molecular formula is C48H33N3O9S6. The van der Waals surface area contributed by atoms with Crippen molar-refractivity contribution in [3.8, 4) is 5.69 Å². The van der Waals surface area contributed by atoms with Gasteiger partial charge >= 0.3 is 11.9 Å². The van der Waals surface area contributed by atoms with Crippen LogP contribution < -0.4 is 28.0 Å². The number of aryl methyl sites for hydroxylation is 2. The molecule has 0 radical (unpaired) electrons. The number of nitrogens with two attached hydrogens (primary N) is 1. The van der Waals surface area contributed by atoms with Crippen molar-refractivity contribution < 1.29 is 23.9 Å². The fourth-order valence-electron chi connectivity index (χ4n) is 6.81. The van der Waals surface area contributed by atoms with Crippen LogP contribution in [0.1, 0.15) is 59.0 Å². The van der Waals surface area contributed by atoms with Gasteiger partial charge in [-0.2, -0.15) is 0 Å². The average molecular weight is 988 g/mol. The van der Waals surface area contributed by atoms with Crippen LogP contribution in [-0.4, -0.2) is 32.6 Å². The lowest BCUT2D eigenvalue weighted by Gasteiger charge is -2.04. The van der Waals surface area contributed by atoms with Crippen LogP contribution in [0.2, 0.25) is 0 Å². The number of fused-ring (bicyclic) bond motifs is 4. The second-order valence-corrected chi connectivity index (χ2v) is 23.0. The maximum absolute atomic E-state index is 13.0. The highest BCUT2D eigenvalue weighted by atomic mass is 33.5. The molecule has 66 heavy (non-hydrogen) atoms. The van der Waals surface area contributed by atoms with Crippen molar-refractivity contribution in [2.45, 2.75) is 39.9 Å². The molecule has 0 saturated heterocycles. The van der Waals surface area contributed by atoms with Gasteiger partial charge < -0.3 is 10.5 Å². The molecular weight excluding hydrogens is 955 g/mol. The molecule has 2 N–H and O–H groups in total. The SMILES string of the molecule is Cc1ccc(SSSc2ccc(-n3c(=O)c4cc5c(=O)n(C)c(=O)c5cc4c3=O)cc2)cc1.Cc1ccc(SSSc2ccc(N)cc2)cc1.O=C1CC(=O)c2cc3c(cc21)C(=O)OC3=O. The van der Waals surface area contributed by atoms with Crippen LogP contribution in [0.5, 0.6) is 0 Å². The molecule has 10 rings (SSSR count). The summed E-state index contributed by atoms with van der Waals surface area (Å²) in [4.78, 5) is 100. The maximum atomic E-state index is 13.0. The highest BCUT2D eigenvalue weighted by molar-refractivity contribution is 9.09. The predicted octanol–water partition coefficient (Wildman–Crippen LogP) is 9.99. The van der Waals surface area contributed by atoms with Crippen LogP contribution in [0.3, 0.4) is 0 Å². The Morgan fingerprint density at radius 1 is 0.455 bits per heavy atom. The predicted molar refractivity (Wildman–Crippen MR) is 268 cm³/mol. The van der Waals surface area contributed by atoms with E-state index in [9.17, 15) is 38.4 Å². The largest absolute Gasteiger partial charge is 0.399 e. The highest BCUT2D eigenvalue weighted by Gasteiger charge is 2.36. The number of esters is 2. The Bertz CT molecular complexity index is 3230. The number of carbonyl (C=O) groups is 4. The summed E-state index contributed by atoms with van der Waals surface area (Å²) in [5.74, 6) is -2.19. The molecule has 1 aliphatic carbocycles. The number of benzene rings is 6. The van der Waals surface area contributed by atoms with Crippen molar-refractivity contribution in [3.63, 3.8) is 0 Å².